The summed E-state index contributed by atoms with van der Waals surface area (Å²) in [6, 6.07) is 0. The van der Waals surface area contributed by atoms with Crippen LogP contribution in [0.5, 0.6) is 0 Å². The molecular weight excluding hydrogens is 515 g/mol. The highest BCUT2D eigenvalue weighted by atomic mass is 127. The Labute approximate surface area is 217 Å². The predicted octanol–water partition coefficient (Wildman–Crippen LogP) is 9.08. The van der Waals surface area contributed by atoms with Gasteiger partial charge in [0.05, 0.1) is 0 Å². The molecule has 0 bridgehead atoms. The van der Waals surface area contributed by atoms with Crippen LogP contribution in [0, 0.1) is 46.3 Å². The van der Waals surface area contributed by atoms with Crippen LogP contribution < -0.4 is 0 Å². The van der Waals surface area contributed by atoms with Gasteiger partial charge in [-0.15, -0.1) is 5.92 Å². The van der Waals surface area contributed by atoms with Gasteiger partial charge in [0.2, 0.25) is 0 Å². The molecule has 0 radical (unpaired) electrons. The third-order valence-corrected chi connectivity index (χ3v) is 11.2. The number of alkyl halides is 1. The van der Waals surface area contributed by atoms with E-state index in [-0.39, 0.29) is 0 Å². The van der Waals surface area contributed by atoms with Crippen LogP contribution in [0.15, 0.2) is 11.6 Å². The summed E-state index contributed by atoms with van der Waals surface area (Å²) in [5, 5.41) is 0. The SMILES string of the molecule is C[C@]12CCC(=O)C=C1CC[C@@H]1[C@H]2CC[C@]2(C)C(C#CCCCCCCCCCCI)CC[C@@H]12. The first-order chi connectivity index (χ1) is 16.0. The van der Waals surface area contributed by atoms with E-state index in [0.717, 1.165) is 37.0 Å². The largest absolute Gasteiger partial charge is 0.295 e. The van der Waals surface area contributed by atoms with Crippen molar-refractivity contribution in [2.24, 2.45) is 34.5 Å². The predicted molar refractivity (Wildman–Crippen MR) is 148 cm³/mol. The van der Waals surface area contributed by atoms with Gasteiger partial charge in [0, 0.05) is 18.8 Å². The number of halogens is 1. The van der Waals surface area contributed by atoms with Crippen LogP contribution in [0.4, 0.5) is 0 Å². The van der Waals surface area contributed by atoms with Gasteiger partial charge < -0.3 is 0 Å². The van der Waals surface area contributed by atoms with Crippen molar-refractivity contribution in [3.63, 3.8) is 0 Å². The van der Waals surface area contributed by atoms with E-state index in [2.05, 4.69) is 48.3 Å². The molecule has 0 aromatic carbocycles. The van der Waals surface area contributed by atoms with E-state index < -0.39 is 0 Å². The monoisotopic (exact) mass is 562 g/mol. The smallest absolute Gasteiger partial charge is 0.155 e. The molecule has 0 heterocycles. The molecule has 1 nitrogen and oxygen atoms in total. The third kappa shape index (κ3) is 5.59. The van der Waals surface area contributed by atoms with Gasteiger partial charge in [-0.1, -0.05) is 86.5 Å². The second-order valence-corrected chi connectivity index (χ2v) is 13.3. The van der Waals surface area contributed by atoms with E-state index >= 15 is 0 Å². The minimum Gasteiger partial charge on any atom is -0.295 e. The Morgan fingerprint density at radius 2 is 1.61 bits per heavy atom. The van der Waals surface area contributed by atoms with Crippen LogP contribution in [0.3, 0.4) is 0 Å². The molecule has 0 aromatic rings. The fraction of sp³-hybridized carbons (Fsp3) is 0.839. The van der Waals surface area contributed by atoms with Crippen molar-refractivity contribution in [3.8, 4) is 11.8 Å². The van der Waals surface area contributed by atoms with Crippen LogP contribution in [0.1, 0.15) is 123 Å². The molecule has 1 unspecified atom stereocenters. The van der Waals surface area contributed by atoms with Crippen LogP contribution >= 0.6 is 22.6 Å². The Balaban J connectivity index is 1.25. The van der Waals surface area contributed by atoms with Crippen molar-refractivity contribution in [2.45, 2.75) is 123 Å². The van der Waals surface area contributed by atoms with Crippen molar-refractivity contribution >= 4 is 28.4 Å². The average molecular weight is 563 g/mol. The highest BCUT2D eigenvalue weighted by Gasteiger charge is 2.58. The fourth-order valence-electron chi connectivity index (χ4n) is 8.36. The summed E-state index contributed by atoms with van der Waals surface area (Å²) in [6.07, 6.45) is 24.1. The molecule has 0 spiro atoms. The number of rotatable bonds is 9. The van der Waals surface area contributed by atoms with Gasteiger partial charge in [-0.05, 0) is 96.9 Å². The summed E-state index contributed by atoms with van der Waals surface area (Å²) in [4.78, 5) is 12.1. The molecule has 0 aliphatic heterocycles. The molecular formula is C31H47IO. The van der Waals surface area contributed by atoms with E-state index in [0.29, 0.717) is 22.5 Å². The molecule has 184 valence electrons. The molecule has 0 saturated heterocycles. The first-order valence-corrected chi connectivity index (χ1v) is 15.8. The Hall–Kier alpha value is -0.300. The van der Waals surface area contributed by atoms with Crippen molar-refractivity contribution in [3.05, 3.63) is 11.6 Å². The van der Waals surface area contributed by atoms with Gasteiger partial charge in [0.15, 0.2) is 5.78 Å². The lowest BCUT2D eigenvalue weighted by Gasteiger charge is -2.57. The fourth-order valence-corrected chi connectivity index (χ4v) is 8.90. The first-order valence-electron chi connectivity index (χ1n) is 14.3. The molecule has 0 N–H and O–H groups in total. The number of hydrogen-bond acceptors (Lipinski definition) is 1. The number of allylic oxidation sites excluding steroid dienone is 1. The lowest BCUT2D eigenvalue weighted by molar-refractivity contribution is -0.117. The van der Waals surface area contributed by atoms with Crippen LogP contribution in [-0.4, -0.2) is 10.2 Å². The van der Waals surface area contributed by atoms with Crippen LogP contribution in [0.2, 0.25) is 0 Å². The summed E-state index contributed by atoms with van der Waals surface area (Å²) in [7, 11) is 0. The number of fused-ring (bicyclic) bond motifs is 5. The molecule has 33 heavy (non-hydrogen) atoms. The molecule has 3 fully saturated rings. The van der Waals surface area contributed by atoms with Crippen molar-refractivity contribution in [2.75, 3.05) is 4.43 Å². The Morgan fingerprint density at radius 3 is 2.36 bits per heavy atom. The zero-order valence-electron chi connectivity index (χ0n) is 21.4. The van der Waals surface area contributed by atoms with Gasteiger partial charge in [-0.2, -0.15) is 0 Å². The highest BCUT2D eigenvalue weighted by Crippen LogP contribution is 2.66. The maximum atomic E-state index is 12.1. The number of hydrogen-bond donors (Lipinski definition) is 0. The quantitative estimate of drug-likeness (QED) is 0.119. The van der Waals surface area contributed by atoms with Gasteiger partial charge in [0.1, 0.15) is 0 Å². The Morgan fingerprint density at radius 1 is 0.879 bits per heavy atom. The zero-order chi connectivity index (χ0) is 23.3. The lowest BCUT2D eigenvalue weighted by Crippen LogP contribution is -2.50. The second-order valence-electron chi connectivity index (χ2n) is 12.2. The normalized spacial score (nSPS) is 37.4. The second kappa shape index (κ2) is 11.6. The summed E-state index contributed by atoms with van der Waals surface area (Å²) in [6.45, 7) is 5.10. The molecule has 0 aromatic heterocycles. The average Bonchev–Trinajstić information content (AvgIpc) is 3.14. The molecule has 4 aliphatic carbocycles. The summed E-state index contributed by atoms with van der Waals surface area (Å²) in [5.74, 6) is 11.0. The van der Waals surface area contributed by atoms with E-state index in [1.807, 2.05) is 6.08 Å². The molecule has 3 saturated carbocycles. The topological polar surface area (TPSA) is 17.1 Å². The molecule has 6 atom stereocenters. The number of ketones is 1. The van der Waals surface area contributed by atoms with Crippen LogP contribution in [-0.2, 0) is 4.79 Å². The number of carbonyl (C=O) groups is 1. The molecule has 4 aliphatic rings. The van der Waals surface area contributed by atoms with E-state index in [4.69, 9.17) is 0 Å². The zero-order valence-corrected chi connectivity index (χ0v) is 23.6. The van der Waals surface area contributed by atoms with Crippen molar-refractivity contribution < 1.29 is 4.79 Å². The number of carbonyl (C=O) groups excluding carboxylic acids is 1. The molecule has 0 amide bonds. The summed E-state index contributed by atoms with van der Waals surface area (Å²) >= 11 is 2.49. The number of unbranched alkanes of at least 4 members (excludes halogenated alkanes) is 8. The Kier molecular flexibility index (Phi) is 9.08. The minimum atomic E-state index is 0.303. The van der Waals surface area contributed by atoms with Crippen molar-refractivity contribution in [1.29, 1.82) is 0 Å². The lowest BCUT2D eigenvalue weighted by atomic mass is 9.47. The van der Waals surface area contributed by atoms with Gasteiger partial charge in [-0.25, -0.2) is 0 Å². The van der Waals surface area contributed by atoms with Gasteiger partial charge in [0.25, 0.3) is 0 Å². The Bertz CT molecular complexity index is 772. The summed E-state index contributed by atoms with van der Waals surface area (Å²) < 4.78 is 1.32. The maximum absolute atomic E-state index is 12.1. The third-order valence-electron chi connectivity index (χ3n) is 10.4. The van der Waals surface area contributed by atoms with Gasteiger partial charge in [-0.3, -0.25) is 4.79 Å². The van der Waals surface area contributed by atoms with Gasteiger partial charge >= 0.3 is 0 Å². The van der Waals surface area contributed by atoms with Crippen LogP contribution in [0.25, 0.3) is 0 Å². The van der Waals surface area contributed by atoms with Crippen molar-refractivity contribution in [1.82, 2.24) is 0 Å². The highest BCUT2D eigenvalue weighted by molar-refractivity contribution is 14.1. The standard InChI is InChI=1S/C31H47IO/c1-30-21-19-29-27(16-14-25-23-26(33)18-20-31(25,29)2)28(30)17-15-24(30)13-11-9-7-5-3-4-6-8-10-12-22-32/h23-24,27-29H,3-10,12,14-22H2,1-2H3/t24?,27-,28-,29+,30+,31-/m0/s1. The van der Waals surface area contributed by atoms with E-state index in [9.17, 15) is 4.79 Å². The summed E-state index contributed by atoms with van der Waals surface area (Å²) in [5.41, 5.74) is 2.24. The minimum absolute atomic E-state index is 0.303. The maximum Gasteiger partial charge on any atom is 0.155 e. The molecule has 2 heteroatoms. The van der Waals surface area contributed by atoms with E-state index in [1.54, 1.807) is 0 Å². The first kappa shape index (κ1) is 25.8. The molecule has 4 rings (SSSR count). The van der Waals surface area contributed by atoms with E-state index in [1.165, 1.54) is 99.9 Å².